The number of hydrogen-bond donors (Lipinski definition) is 3. The lowest BCUT2D eigenvalue weighted by atomic mass is 9.96. The number of anilines is 2. The van der Waals surface area contributed by atoms with Gasteiger partial charge in [-0.3, -0.25) is 4.79 Å². The third-order valence-corrected chi connectivity index (χ3v) is 5.84. The van der Waals surface area contributed by atoms with Gasteiger partial charge in [0.25, 0.3) is 5.91 Å². The Balaban J connectivity index is 1.97. The van der Waals surface area contributed by atoms with Gasteiger partial charge in [0.2, 0.25) is 10.0 Å². The van der Waals surface area contributed by atoms with Gasteiger partial charge in [-0.15, -0.1) is 0 Å². The molecule has 34 heavy (non-hydrogen) atoms. The van der Waals surface area contributed by atoms with Crippen LogP contribution < -0.4 is 20.5 Å². The van der Waals surface area contributed by atoms with Crippen LogP contribution in [0.2, 0.25) is 0 Å². The lowest BCUT2D eigenvalue weighted by molar-refractivity contribution is -0.137. The van der Waals surface area contributed by atoms with Gasteiger partial charge in [-0.2, -0.15) is 13.2 Å². The van der Waals surface area contributed by atoms with Gasteiger partial charge in [-0.25, -0.2) is 13.6 Å². The quantitative estimate of drug-likeness (QED) is 0.441. The number of nitrogens with one attached hydrogen (secondary N) is 2. The van der Waals surface area contributed by atoms with Gasteiger partial charge in [0.1, 0.15) is 5.75 Å². The number of carbonyl (C=O) groups excluding carboxylic acids is 1. The second-order valence-corrected chi connectivity index (χ2v) is 8.78. The van der Waals surface area contributed by atoms with E-state index in [1.807, 2.05) is 0 Å². The Labute approximate surface area is 194 Å². The standard InChI is InChI=1S/C23H22F3N3O4S/c1-3-28-21-12-14(22(30)29-15-5-8-17(9-6-15)34(27,31)32)4-10-19(21)18-11-7-16(33-2)13-20(18)23(24,25)26/h4-13,28H,3H2,1-2H3,(H,29,30)(H2,27,31,32). The SMILES string of the molecule is CCNc1cc(C(=O)Nc2ccc(S(N)(=O)=O)cc2)ccc1-c1ccc(OC)cc1C(F)(F)F. The minimum Gasteiger partial charge on any atom is -0.497 e. The van der Waals surface area contributed by atoms with E-state index in [0.717, 1.165) is 6.07 Å². The molecule has 0 aliphatic heterocycles. The van der Waals surface area contributed by atoms with E-state index in [2.05, 4.69) is 10.6 Å². The first-order chi connectivity index (χ1) is 15.9. The van der Waals surface area contributed by atoms with Crippen LogP contribution in [-0.2, 0) is 16.2 Å². The van der Waals surface area contributed by atoms with Crippen molar-refractivity contribution in [2.75, 3.05) is 24.3 Å². The van der Waals surface area contributed by atoms with Crippen molar-refractivity contribution in [2.24, 2.45) is 5.14 Å². The molecule has 1 amide bonds. The Kier molecular flexibility index (Phi) is 7.18. The molecule has 0 spiro atoms. The number of methoxy groups -OCH3 is 1. The number of halogens is 3. The molecule has 11 heteroatoms. The zero-order valence-electron chi connectivity index (χ0n) is 18.2. The van der Waals surface area contributed by atoms with E-state index in [4.69, 9.17) is 9.88 Å². The molecule has 3 rings (SSSR count). The largest absolute Gasteiger partial charge is 0.497 e. The average Bonchev–Trinajstić information content (AvgIpc) is 2.78. The number of hydrogen-bond acceptors (Lipinski definition) is 5. The molecular weight excluding hydrogens is 471 g/mol. The molecule has 0 fully saturated rings. The molecule has 0 radical (unpaired) electrons. The number of benzene rings is 3. The maximum atomic E-state index is 13.7. The van der Waals surface area contributed by atoms with Gasteiger partial charge in [-0.05, 0) is 61.0 Å². The molecular formula is C23H22F3N3O4S. The summed E-state index contributed by atoms with van der Waals surface area (Å²) in [5, 5.41) is 10.7. The molecule has 180 valence electrons. The third-order valence-electron chi connectivity index (χ3n) is 4.91. The number of rotatable bonds is 7. The highest BCUT2D eigenvalue weighted by atomic mass is 32.2. The van der Waals surface area contributed by atoms with E-state index in [0.29, 0.717) is 17.9 Å². The third kappa shape index (κ3) is 5.67. The monoisotopic (exact) mass is 493 g/mol. The Morgan fingerprint density at radius 1 is 1.00 bits per heavy atom. The van der Waals surface area contributed by atoms with Crippen LogP contribution >= 0.6 is 0 Å². The van der Waals surface area contributed by atoms with Crippen LogP contribution in [0.15, 0.2) is 65.6 Å². The molecule has 0 bridgehead atoms. The van der Waals surface area contributed by atoms with Crippen LogP contribution in [0.4, 0.5) is 24.5 Å². The molecule has 0 aromatic heterocycles. The van der Waals surface area contributed by atoms with Crippen molar-refractivity contribution in [3.63, 3.8) is 0 Å². The second kappa shape index (κ2) is 9.74. The van der Waals surface area contributed by atoms with Crippen LogP contribution in [0, 0.1) is 0 Å². The summed E-state index contributed by atoms with van der Waals surface area (Å²) >= 11 is 0. The van der Waals surface area contributed by atoms with Gasteiger partial charge in [0, 0.05) is 29.0 Å². The summed E-state index contributed by atoms with van der Waals surface area (Å²) in [5.74, 6) is -0.453. The molecule has 0 saturated carbocycles. The number of nitrogens with two attached hydrogens (primary N) is 1. The topological polar surface area (TPSA) is 111 Å². The van der Waals surface area contributed by atoms with Gasteiger partial charge < -0.3 is 15.4 Å². The number of carbonyl (C=O) groups is 1. The Morgan fingerprint density at radius 2 is 1.65 bits per heavy atom. The summed E-state index contributed by atoms with van der Waals surface area (Å²) in [7, 11) is -2.58. The molecule has 3 aromatic carbocycles. The first-order valence-corrected chi connectivity index (χ1v) is 11.6. The first kappa shape index (κ1) is 25.1. The lowest BCUT2D eigenvalue weighted by Crippen LogP contribution is -2.14. The molecule has 3 aromatic rings. The highest BCUT2D eigenvalue weighted by Crippen LogP contribution is 2.41. The van der Waals surface area contributed by atoms with Gasteiger partial charge in [0.15, 0.2) is 0 Å². The molecule has 0 saturated heterocycles. The normalized spacial score (nSPS) is 11.7. The minimum absolute atomic E-state index is 0.0604. The Bertz CT molecular complexity index is 1310. The number of amides is 1. The molecule has 0 unspecified atom stereocenters. The molecule has 4 N–H and O–H groups in total. The predicted octanol–water partition coefficient (Wildman–Crippen LogP) is 4.71. The maximum Gasteiger partial charge on any atom is 0.417 e. The number of ether oxygens (including phenoxy) is 1. The zero-order chi connectivity index (χ0) is 25.1. The van der Waals surface area contributed by atoms with Crippen molar-refractivity contribution >= 4 is 27.3 Å². The fraction of sp³-hybridized carbons (Fsp3) is 0.174. The van der Waals surface area contributed by atoms with Crippen molar-refractivity contribution in [1.29, 1.82) is 0 Å². The summed E-state index contributed by atoms with van der Waals surface area (Å²) in [5.41, 5.74) is 0.201. The highest BCUT2D eigenvalue weighted by Gasteiger charge is 2.34. The van der Waals surface area contributed by atoms with Crippen molar-refractivity contribution in [2.45, 2.75) is 18.0 Å². The van der Waals surface area contributed by atoms with E-state index in [1.54, 1.807) is 6.92 Å². The van der Waals surface area contributed by atoms with Crippen LogP contribution in [0.25, 0.3) is 11.1 Å². The van der Waals surface area contributed by atoms with Crippen LogP contribution in [0.1, 0.15) is 22.8 Å². The van der Waals surface area contributed by atoms with E-state index < -0.39 is 27.7 Å². The summed E-state index contributed by atoms with van der Waals surface area (Å²) in [6.45, 7) is 2.19. The number of alkyl halides is 3. The fourth-order valence-corrected chi connectivity index (χ4v) is 3.82. The van der Waals surface area contributed by atoms with E-state index in [9.17, 15) is 26.4 Å². The van der Waals surface area contributed by atoms with E-state index in [1.165, 1.54) is 61.7 Å². The minimum atomic E-state index is -4.62. The second-order valence-electron chi connectivity index (χ2n) is 7.22. The van der Waals surface area contributed by atoms with Crippen molar-refractivity contribution in [3.05, 3.63) is 71.8 Å². The van der Waals surface area contributed by atoms with E-state index >= 15 is 0 Å². The maximum absolute atomic E-state index is 13.7. The van der Waals surface area contributed by atoms with E-state index in [-0.39, 0.29) is 27.3 Å². The fourth-order valence-electron chi connectivity index (χ4n) is 3.31. The van der Waals surface area contributed by atoms with Crippen molar-refractivity contribution in [1.82, 2.24) is 0 Å². The number of sulfonamides is 1. The van der Waals surface area contributed by atoms with Gasteiger partial charge in [-0.1, -0.05) is 12.1 Å². The van der Waals surface area contributed by atoms with Crippen LogP contribution in [0.5, 0.6) is 5.75 Å². The summed E-state index contributed by atoms with van der Waals surface area (Å²) in [6, 6.07) is 13.3. The molecule has 7 nitrogen and oxygen atoms in total. The number of primary sulfonamides is 1. The highest BCUT2D eigenvalue weighted by molar-refractivity contribution is 7.89. The smallest absolute Gasteiger partial charge is 0.417 e. The van der Waals surface area contributed by atoms with Crippen LogP contribution in [-0.4, -0.2) is 28.0 Å². The van der Waals surface area contributed by atoms with Gasteiger partial charge >= 0.3 is 6.18 Å². The lowest BCUT2D eigenvalue weighted by Gasteiger charge is -2.18. The Morgan fingerprint density at radius 3 is 2.21 bits per heavy atom. The first-order valence-electron chi connectivity index (χ1n) is 10.0. The molecule has 0 heterocycles. The molecule has 0 aliphatic rings. The zero-order valence-corrected chi connectivity index (χ0v) is 19.0. The average molecular weight is 494 g/mol. The Hall–Kier alpha value is -3.57. The molecule has 0 atom stereocenters. The van der Waals surface area contributed by atoms with Crippen molar-refractivity contribution < 1.29 is 31.1 Å². The summed E-state index contributed by atoms with van der Waals surface area (Å²) in [4.78, 5) is 12.6. The van der Waals surface area contributed by atoms with Crippen molar-refractivity contribution in [3.8, 4) is 16.9 Å². The predicted molar refractivity (Wildman–Crippen MR) is 123 cm³/mol. The van der Waals surface area contributed by atoms with Crippen LogP contribution in [0.3, 0.4) is 0 Å². The summed E-state index contributed by atoms with van der Waals surface area (Å²) < 4.78 is 68.9. The molecule has 0 aliphatic carbocycles. The summed E-state index contributed by atoms with van der Waals surface area (Å²) in [6.07, 6.45) is -4.62. The van der Waals surface area contributed by atoms with Gasteiger partial charge in [0.05, 0.1) is 17.6 Å².